The highest BCUT2D eigenvalue weighted by Gasteiger charge is 2.20. The van der Waals surface area contributed by atoms with Crippen LogP contribution >= 0.6 is 0 Å². The molecular formula is C12H12N2O. The van der Waals surface area contributed by atoms with E-state index in [9.17, 15) is 4.79 Å². The van der Waals surface area contributed by atoms with Crippen LogP contribution in [0.25, 0.3) is 0 Å². The molecule has 2 rings (SSSR count). The van der Waals surface area contributed by atoms with Crippen LogP contribution in [-0.2, 0) is 4.79 Å². The third-order valence-electron chi connectivity index (χ3n) is 2.35. The SMILES string of the molecule is NC(=O)C(c1ccccc1)c1ccc[nH]1. The molecule has 1 aromatic heterocycles. The van der Waals surface area contributed by atoms with Gasteiger partial charge in [0, 0.05) is 11.9 Å². The van der Waals surface area contributed by atoms with Crippen molar-refractivity contribution >= 4 is 5.91 Å². The van der Waals surface area contributed by atoms with Gasteiger partial charge in [-0.2, -0.15) is 0 Å². The van der Waals surface area contributed by atoms with E-state index in [-0.39, 0.29) is 11.8 Å². The molecule has 0 aliphatic carbocycles. The van der Waals surface area contributed by atoms with Gasteiger partial charge in [-0.15, -0.1) is 0 Å². The molecule has 1 unspecified atom stereocenters. The number of aromatic nitrogens is 1. The number of carbonyl (C=O) groups is 1. The Labute approximate surface area is 87.9 Å². The van der Waals surface area contributed by atoms with Gasteiger partial charge in [-0.3, -0.25) is 4.79 Å². The molecule has 3 nitrogen and oxygen atoms in total. The van der Waals surface area contributed by atoms with Crippen LogP contribution in [0, 0.1) is 0 Å². The Kier molecular flexibility index (Phi) is 2.54. The summed E-state index contributed by atoms with van der Waals surface area (Å²) in [5, 5.41) is 0. The van der Waals surface area contributed by atoms with Gasteiger partial charge in [-0.1, -0.05) is 30.3 Å². The molecule has 3 heteroatoms. The molecule has 0 radical (unpaired) electrons. The number of H-pyrrole nitrogens is 1. The summed E-state index contributed by atoms with van der Waals surface area (Å²) in [5.41, 5.74) is 7.14. The lowest BCUT2D eigenvalue weighted by molar-refractivity contribution is -0.118. The van der Waals surface area contributed by atoms with Gasteiger partial charge < -0.3 is 10.7 Å². The lowest BCUT2D eigenvalue weighted by atomic mass is 9.95. The zero-order valence-corrected chi connectivity index (χ0v) is 8.18. The largest absolute Gasteiger partial charge is 0.369 e. The number of rotatable bonds is 3. The van der Waals surface area contributed by atoms with Crippen LogP contribution in [0.4, 0.5) is 0 Å². The van der Waals surface area contributed by atoms with E-state index in [4.69, 9.17) is 5.73 Å². The van der Waals surface area contributed by atoms with Gasteiger partial charge in [0.05, 0.1) is 0 Å². The van der Waals surface area contributed by atoms with E-state index >= 15 is 0 Å². The van der Waals surface area contributed by atoms with Crippen molar-refractivity contribution in [2.24, 2.45) is 5.73 Å². The molecule has 0 aliphatic rings. The molecule has 0 saturated carbocycles. The summed E-state index contributed by atoms with van der Waals surface area (Å²) in [5.74, 6) is -0.732. The first kappa shape index (κ1) is 9.52. The predicted molar refractivity (Wildman–Crippen MR) is 58.3 cm³/mol. The van der Waals surface area contributed by atoms with Crippen LogP contribution in [0.1, 0.15) is 17.2 Å². The molecule has 1 heterocycles. The van der Waals surface area contributed by atoms with E-state index in [2.05, 4.69) is 4.98 Å². The van der Waals surface area contributed by atoms with Gasteiger partial charge in [0.2, 0.25) is 5.91 Å². The molecule has 1 atom stereocenters. The van der Waals surface area contributed by atoms with Crippen molar-refractivity contribution in [2.75, 3.05) is 0 Å². The highest BCUT2D eigenvalue weighted by molar-refractivity contribution is 5.85. The Bertz CT molecular complexity index is 434. The minimum atomic E-state index is -0.388. The molecule has 1 amide bonds. The van der Waals surface area contributed by atoms with Gasteiger partial charge in [0.25, 0.3) is 0 Å². The molecule has 76 valence electrons. The van der Waals surface area contributed by atoms with Gasteiger partial charge in [-0.25, -0.2) is 0 Å². The number of primary amides is 1. The third kappa shape index (κ3) is 1.91. The van der Waals surface area contributed by atoms with E-state index in [1.54, 1.807) is 6.20 Å². The first-order chi connectivity index (χ1) is 7.29. The number of nitrogens with one attached hydrogen (secondary N) is 1. The van der Waals surface area contributed by atoms with Crippen LogP contribution in [0.5, 0.6) is 0 Å². The summed E-state index contributed by atoms with van der Waals surface area (Å²) in [6.07, 6.45) is 1.79. The summed E-state index contributed by atoms with van der Waals surface area (Å²) in [6, 6.07) is 13.2. The second-order valence-electron chi connectivity index (χ2n) is 3.37. The van der Waals surface area contributed by atoms with E-state index in [0.29, 0.717) is 0 Å². The number of hydrogen-bond donors (Lipinski definition) is 2. The van der Waals surface area contributed by atoms with Gasteiger partial charge >= 0.3 is 0 Å². The Balaban J connectivity index is 2.42. The fourth-order valence-corrected chi connectivity index (χ4v) is 1.67. The standard InChI is InChI=1S/C12H12N2O/c13-12(15)11(10-7-4-8-14-10)9-5-2-1-3-6-9/h1-8,11,14H,(H2,13,15). The van der Waals surface area contributed by atoms with Crippen molar-refractivity contribution < 1.29 is 4.79 Å². The zero-order valence-electron chi connectivity index (χ0n) is 8.18. The van der Waals surface area contributed by atoms with Gasteiger partial charge in [-0.05, 0) is 17.7 Å². The monoisotopic (exact) mass is 200 g/mol. The lowest BCUT2D eigenvalue weighted by Gasteiger charge is -2.11. The fraction of sp³-hybridized carbons (Fsp3) is 0.0833. The molecule has 2 aromatic rings. The maximum atomic E-state index is 11.4. The van der Waals surface area contributed by atoms with E-state index in [0.717, 1.165) is 11.3 Å². The molecule has 0 saturated heterocycles. The smallest absolute Gasteiger partial charge is 0.230 e. The summed E-state index contributed by atoms with van der Waals surface area (Å²) in [6.45, 7) is 0. The van der Waals surface area contributed by atoms with Crippen molar-refractivity contribution in [2.45, 2.75) is 5.92 Å². The van der Waals surface area contributed by atoms with Crippen molar-refractivity contribution in [1.82, 2.24) is 4.98 Å². The van der Waals surface area contributed by atoms with Crippen LogP contribution in [-0.4, -0.2) is 10.9 Å². The first-order valence-electron chi connectivity index (χ1n) is 4.76. The number of benzene rings is 1. The maximum absolute atomic E-state index is 11.4. The summed E-state index contributed by atoms with van der Waals surface area (Å²) in [4.78, 5) is 14.4. The van der Waals surface area contributed by atoms with Crippen LogP contribution in [0.2, 0.25) is 0 Å². The Hall–Kier alpha value is -2.03. The van der Waals surface area contributed by atoms with Gasteiger partial charge in [0.1, 0.15) is 5.92 Å². The van der Waals surface area contributed by atoms with Crippen molar-refractivity contribution in [3.8, 4) is 0 Å². The van der Waals surface area contributed by atoms with Crippen LogP contribution < -0.4 is 5.73 Å². The number of carbonyl (C=O) groups excluding carboxylic acids is 1. The zero-order chi connectivity index (χ0) is 10.7. The molecule has 0 fully saturated rings. The Morgan fingerprint density at radius 1 is 1.13 bits per heavy atom. The second-order valence-corrected chi connectivity index (χ2v) is 3.37. The third-order valence-corrected chi connectivity index (χ3v) is 2.35. The average Bonchev–Trinajstić information content (AvgIpc) is 2.72. The quantitative estimate of drug-likeness (QED) is 0.777. The topological polar surface area (TPSA) is 58.9 Å². The maximum Gasteiger partial charge on any atom is 0.230 e. The van der Waals surface area contributed by atoms with E-state index in [1.807, 2.05) is 42.5 Å². The second kappa shape index (κ2) is 4.00. The Morgan fingerprint density at radius 2 is 1.87 bits per heavy atom. The summed E-state index contributed by atoms with van der Waals surface area (Å²) in [7, 11) is 0. The minimum absolute atomic E-state index is 0.344. The molecule has 1 aromatic carbocycles. The normalized spacial score (nSPS) is 12.3. The lowest BCUT2D eigenvalue weighted by Crippen LogP contribution is -2.22. The molecular weight excluding hydrogens is 188 g/mol. The van der Waals surface area contributed by atoms with Crippen LogP contribution in [0.3, 0.4) is 0 Å². The molecule has 0 bridgehead atoms. The van der Waals surface area contributed by atoms with Crippen LogP contribution in [0.15, 0.2) is 48.7 Å². The minimum Gasteiger partial charge on any atom is -0.369 e. The first-order valence-corrected chi connectivity index (χ1v) is 4.76. The molecule has 0 spiro atoms. The number of nitrogens with two attached hydrogens (primary N) is 1. The van der Waals surface area contributed by atoms with Crippen molar-refractivity contribution in [3.05, 3.63) is 59.9 Å². The van der Waals surface area contributed by atoms with E-state index < -0.39 is 0 Å². The summed E-state index contributed by atoms with van der Waals surface area (Å²) < 4.78 is 0. The molecule has 3 N–H and O–H groups in total. The highest BCUT2D eigenvalue weighted by atomic mass is 16.1. The number of hydrogen-bond acceptors (Lipinski definition) is 1. The highest BCUT2D eigenvalue weighted by Crippen LogP contribution is 2.22. The Morgan fingerprint density at radius 3 is 2.40 bits per heavy atom. The predicted octanol–water partition coefficient (Wildman–Crippen LogP) is 1.63. The average molecular weight is 200 g/mol. The van der Waals surface area contributed by atoms with Crippen molar-refractivity contribution in [1.29, 1.82) is 0 Å². The molecule has 0 aliphatic heterocycles. The number of aromatic amines is 1. The molecule has 15 heavy (non-hydrogen) atoms. The fourth-order valence-electron chi connectivity index (χ4n) is 1.67. The number of amides is 1. The van der Waals surface area contributed by atoms with Crippen molar-refractivity contribution in [3.63, 3.8) is 0 Å². The summed E-state index contributed by atoms with van der Waals surface area (Å²) >= 11 is 0. The van der Waals surface area contributed by atoms with Gasteiger partial charge in [0.15, 0.2) is 0 Å². The van der Waals surface area contributed by atoms with E-state index in [1.165, 1.54) is 0 Å².